The van der Waals surface area contributed by atoms with Crippen molar-refractivity contribution in [3.05, 3.63) is 125 Å². The molecule has 1 aliphatic heterocycles. The predicted octanol–water partition coefficient (Wildman–Crippen LogP) is 6.46. The van der Waals surface area contributed by atoms with E-state index in [4.69, 9.17) is 21.7 Å². The van der Waals surface area contributed by atoms with Gasteiger partial charge in [0.1, 0.15) is 11.5 Å². The van der Waals surface area contributed by atoms with Gasteiger partial charge >= 0.3 is 5.97 Å². The van der Waals surface area contributed by atoms with Crippen molar-refractivity contribution < 1.29 is 14.3 Å². The lowest BCUT2D eigenvalue weighted by molar-refractivity contribution is 0.0735. The summed E-state index contributed by atoms with van der Waals surface area (Å²) < 4.78 is 11.5. The molecule has 0 fully saturated rings. The van der Waals surface area contributed by atoms with Crippen LogP contribution in [-0.2, 0) is 6.42 Å². The summed E-state index contributed by atoms with van der Waals surface area (Å²) in [5.74, 6) is 0.973. The number of hydrogen-bond donors (Lipinski definition) is 2. The van der Waals surface area contributed by atoms with Gasteiger partial charge in [0, 0.05) is 16.8 Å². The van der Waals surface area contributed by atoms with Crippen LogP contribution in [0.15, 0.2) is 103 Å². The number of methoxy groups -OCH3 is 1. The number of nitrogens with one attached hydrogen (secondary N) is 2. The van der Waals surface area contributed by atoms with Crippen LogP contribution in [0.25, 0.3) is 16.8 Å². The number of fused-ring (bicyclic) bond motifs is 2. The van der Waals surface area contributed by atoms with Gasteiger partial charge < -0.3 is 20.1 Å². The highest BCUT2D eigenvalue weighted by molar-refractivity contribution is 7.80. The molecule has 0 spiro atoms. The fourth-order valence-corrected chi connectivity index (χ4v) is 5.54. The van der Waals surface area contributed by atoms with Crippen molar-refractivity contribution in [3.63, 3.8) is 0 Å². The Hall–Kier alpha value is -4.42. The molecule has 4 aromatic rings. The minimum atomic E-state index is -0.377. The third kappa shape index (κ3) is 4.44. The van der Waals surface area contributed by atoms with Gasteiger partial charge in [0.05, 0.1) is 18.7 Å². The zero-order chi connectivity index (χ0) is 26.1. The molecule has 1 atom stereocenters. The van der Waals surface area contributed by atoms with E-state index in [0.717, 1.165) is 52.1 Å². The Morgan fingerprint density at radius 1 is 0.868 bits per heavy atom. The highest BCUT2D eigenvalue weighted by Crippen LogP contribution is 2.42. The zero-order valence-electron chi connectivity index (χ0n) is 20.9. The van der Waals surface area contributed by atoms with Crippen LogP contribution >= 0.6 is 12.2 Å². The molecule has 0 radical (unpaired) electrons. The summed E-state index contributed by atoms with van der Waals surface area (Å²) in [5, 5.41) is 7.37. The van der Waals surface area contributed by atoms with Crippen LogP contribution in [0.1, 0.15) is 39.5 Å². The predicted molar refractivity (Wildman–Crippen MR) is 153 cm³/mol. The molecule has 1 unspecified atom stereocenters. The molecule has 1 aliphatic carbocycles. The topological polar surface area (TPSA) is 59.6 Å². The number of carbonyl (C=O) groups is 1. The molecule has 1 heterocycles. The molecular weight excluding hydrogens is 492 g/mol. The number of benzene rings is 4. The average molecular weight is 519 g/mol. The van der Waals surface area contributed by atoms with E-state index in [1.54, 1.807) is 13.2 Å². The van der Waals surface area contributed by atoms with Gasteiger partial charge in [0.25, 0.3) is 0 Å². The number of ether oxygens (including phenoxy) is 2. The normalized spacial score (nSPS) is 16.0. The highest BCUT2D eigenvalue weighted by Gasteiger charge is 2.32. The van der Waals surface area contributed by atoms with Crippen molar-refractivity contribution in [2.75, 3.05) is 7.11 Å². The van der Waals surface area contributed by atoms with Gasteiger partial charge in [-0.2, -0.15) is 0 Å². The number of para-hydroxylation sites is 1. The summed E-state index contributed by atoms with van der Waals surface area (Å²) in [6, 6.07) is 31.2. The molecule has 38 heavy (non-hydrogen) atoms. The monoisotopic (exact) mass is 518 g/mol. The van der Waals surface area contributed by atoms with Gasteiger partial charge in [-0.1, -0.05) is 66.7 Å². The van der Waals surface area contributed by atoms with Gasteiger partial charge in [-0.05, 0) is 77.7 Å². The van der Waals surface area contributed by atoms with Crippen molar-refractivity contribution >= 4 is 29.0 Å². The van der Waals surface area contributed by atoms with E-state index in [1.807, 2.05) is 84.9 Å². The van der Waals surface area contributed by atoms with Crippen LogP contribution in [0.4, 0.5) is 0 Å². The standard InChI is InChI=1S/C32H26N2O3S/c1-36-28-14-8-7-13-26(28)30-27-17-15-21-19-22(16-18-24(21)29(27)33-32(38)34-30)37-31(35)25-12-6-5-11-23(25)20-9-3-2-4-10-20/h2-14,16,18-19,30H,15,17H2,1H3,(H2,33,34,38). The van der Waals surface area contributed by atoms with Crippen molar-refractivity contribution in [1.82, 2.24) is 10.6 Å². The maximum absolute atomic E-state index is 13.2. The van der Waals surface area contributed by atoms with Crippen molar-refractivity contribution in [2.24, 2.45) is 0 Å². The number of thiocarbonyl (C=S) groups is 1. The second-order valence-electron chi connectivity index (χ2n) is 9.29. The molecule has 6 heteroatoms. The maximum Gasteiger partial charge on any atom is 0.344 e. The Bertz CT molecular complexity index is 1580. The van der Waals surface area contributed by atoms with Crippen molar-refractivity contribution in [1.29, 1.82) is 0 Å². The first kappa shape index (κ1) is 23.9. The van der Waals surface area contributed by atoms with E-state index in [-0.39, 0.29) is 12.0 Å². The number of hydrogen-bond acceptors (Lipinski definition) is 4. The minimum Gasteiger partial charge on any atom is -0.496 e. The summed E-state index contributed by atoms with van der Waals surface area (Å²) in [5.41, 5.74) is 7.84. The Balaban J connectivity index is 1.31. The second-order valence-corrected chi connectivity index (χ2v) is 9.70. The van der Waals surface area contributed by atoms with Gasteiger partial charge in [0.15, 0.2) is 5.11 Å². The molecule has 0 saturated carbocycles. The molecule has 0 amide bonds. The molecule has 4 aromatic carbocycles. The van der Waals surface area contributed by atoms with Crippen LogP contribution in [0.2, 0.25) is 0 Å². The maximum atomic E-state index is 13.2. The summed E-state index contributed by atoms with van der Waals surface area (Å²) in [6.45, 7) is 0. The molecule has 0 saturated heterocycles. The molecule has 6 rings (SSSR count). The second kappa shape index (κ2) is 10.1. The van der Waals surface area contributed by atoms with Gasteiger partial charge in [0.2, 0.25) is 0 Å². The fourth-order valence-electron chi connectivity index (χ4n) is 5.32. The first-order chi connectivity index (χ1) is 18.6. The first-order valence-electron chi connectivity index (χ1n) is 12.6. The average Bonchev–Trinajstić information content (AvgIpc) is 2.97. The summed E-state index contributed by atoms with van der Waals surface area (Å²) >= 11 is 5.58. The number of rotatable bonds is 5. The Morgan fingerprint density at radius 3 is 2.47 bits per heavy atom. The number of esters is 1. The van der Waals surface area contributed by atoms with Gasteiger partial charge in [-0.3, -0.25) is 0 Å². The SMILES string of the molecule is COc1ccccc1C1NC(=S)NC2=C1CCc1cc(OC(=O)c3ccccc3-c3ccccc3)ccc12. The van der Waals surface area contributed by atoms with Gasteiger partial charge in [-0.25, -0.2) is 4.79 Å². The molecule has 0 bridgehead atoms. The van der Waals surface area contributed by atoms with E-state index in [2.05, 4.69) is 16.7 Å². The largest absolute Gasteiger partial charge is 0.496 e. The lowest BCUT2D eigenvalue weighted by Crippen LogP contribution is -2.44. The van der Waals surface area contributed by atoms with E-state index in [1.165, 1.54) is 5.57 Å². The molecular formula is C32H26N2O3S. The molecule has 188 valence electrons. The smallest absolute Gasteiger partial charge is 0.344 e. The quantitative estimate of drug-likeness (QED) is 0.180. The van der Waals surface area contributed by atoms with Crippen molar-refractivity contribution in [2.45, 2.75) is 18.9 Å². The molecule has 0 aromatic heterocycles. The van der Waals surface area contributed by atoms with Crippen LogP contribution in [0.5, 0.6) is 11.5 Å². The lowest BCUT2D eigenvalue weighted by atomic mass is 9.82. The summed E-state index contributed by atoms with van der Waals surface area (Å²) in [7, 11) is 1.69. The Labute approximate surface area is 227 Å². The van der Waals surface area contributed by atoms with E-state index < -0.39 is 0 Å². The molecule has 2 aliphatic rings. The summed E-state index contributed by atoms with van der Waals surface area (Å²) in [6.07, 6.45) is 1.66. The third-order valence-electron chi connectivity index (χ3n) is 7.09. The van der Waals surface area contributed by atoms with Gasteiger partial charge in [-0.15, -0.1) is 0 Å². The van der Waals surface area contributed by atoms with Crippen LogP contribution in [-0.4, -0.2) is 18.2 Å². The number of aryl methyl sites for hydroxylation is 1. The fraction of sp³-hybridized carbons (Fsp3) is 0.125. The van der Waals surface area contributed by atoms with Crippen LogP contribution in [0, 0.1) is 0 Å². The minimum absolute atomic E-state index is 0.0740. The lowest BCUT2D eigenvalue weighted by Gasteiger charge is -2.36. The van der Waals surface area contributed by atoms with E-state index in [9.17, 15) is 4.79 Å². The zero-order valence-corrected chi connectivity index (χ0v) is 21.7. The first-order valence-corrected chi connectivity index (χ1v) is 13.0. The molecule has 2 N–H and O–H groups in total. The highest BCUT2D eigenvalue weighted by atomic mass is 32.1. The molecule has 5 nitrogen and oxygen atoms in total. The number of carbonyl (C=O) groups excluding carboxylic acids is 1. The Morgan fingerprint density at radius 2 is 1.63 bits per heavy atom. The van der Waals surface area contributed by atoms with E-state index in [0.29, 0.717) is 16.4 Å². The Kier molecular flexibility index (Phi) is 6.40. The van der Waals surface area contributed by atoms with E-state index >= 15 is 0 Å². The van der Waals surface area contributed by atoms with Crippen LogP contribution in [0.3, 0.4) is 0 Å². The third-order valence-corrected chi connectivity index (χ3v) is 7.31. The van der Waals surface area contributed by atoms with Crippen LogP contribution < -0.4 is 20.1 Å². The summed E-state index contributed by atoms with van der Waals surface area (Å²) in [4.78, 5) is 13.2. The van der Waals surface area contributed by atoms with Crippen molar-refractivity contribution in [3.8, 4) is 22.6 Å².